The van der Waals surface area contributed by atoms with Gasteiger partial charge in [-0.3, -0.25) is 0 Å². The van der Waals surface area contributed by atoms with Crippen molar-refractivity contribution in [1.82, 2.24) is 4.90 Å². The van der Waals surface area contributed by atoms with Gasteiger partial charge in [-0.05, 0) is 42.5 Å². The molecule has 0 radical (unpaired) electrons. The highest BCUT2D eigenvalue weighted by atomic mass is 15.1. The first-order valence-corrected chi connectivity index (χ1v) is 7.11. The fraction of sp³-hybridized carbons (Fsp3) is 0.647. The number of benzene rings is 1. The van der Waals surface area contributed by atoms with E-state index in [9.17, 15) is 0 Å². The Hall–Kier alpha value is -0.820. The fourth-order valence-electron chi connectivity index (χ4n) is 2.27. The summed E-state index contributed by atoms with van der Waals surface area (Å²) in [7, 11) is 2.19. The van der Waals surface area contributed by atoms with Crippen LogP contribution >= 0.6 is 0 Å². The maximum Gasteiger partial charge on any atom is 0.000703 e. The van der Waals surface area contributed by atoms with E-state index >= 15 is 0 Å². The van der Waals surface area contributed by atoms with Crippen LogP contribution in [0, 0.1) is 5.92 Å². The topological polar surface area (TPSA) is 3.24 Å². The average molecular weight is 247 g/mol. The Labute approximate surface area is 113 Å². The quantitative estimate of drug-likeness (QED) is 0.756. The third-order valence-corrected chi connectivity index (χ3v) is 3.57. The monoisotopic (exact) mass is 247 g/mol. The normalized spacial score (nSPS) is 13.9. The summed E-state index contributed by atoms with van der Waals surface area (Å²) in [5, 5.41) is 0. The summed E-state index contributed by atoms with van der Waals surface area (Å²) in [5.74, 6) is 0.718. The average Bonchev–Trinajstić information content (AvgIpc) is 2.28. The molecule has 0 amide bonds. The van der Waals surface area contributed by atoms with Crippen molar-refractivity contribution in [3.63, 3.8) is 0 Å². The van der Waals surface area contributed by atoms with Crippen molar-refractivity contribution in [2.75, 3.05) is 20.1 Å². The molecular formula is C17H29N. The van der Waals surface area contributed by atoms with E-state index in [1.807, 2.05) is 0 Å². The number of rotatable bonds is 5. The minimum atomic E-state index is 0.257. The number of hydrogen-bond donors (Lipinski definition) is 0. The molecule has 102 valence electrons. The molecule has 18 heavy (non-hydrogen) atoms. The van der Waals surface area contributed by atoms with Crippen LogP contribution in [0.3, 0.4) is 0 Å². The Kier molecular flexibility index (Phi) is 5.40. The van der Waals surface area contributed by atoms with Crippen LogP contribution < -0.4 is 0 Å². The predicted octanol–water partition coefficient (Wildman–Crippen LogP) is 4.11. The Bertz CT molecular complexity index is 345. The molecule has 1 aromatic rings. The summed E-state index contributed by atoms with van der Waals surface area (Å²) in [6, 6.07) is 9.16. The third-order valence-electron chi connectivity index (χ3n) is 3.57. The molecular weight excluding hydrogens is 218 g/mol. The van der Waals surface area contributed by atoms with Gasteiger partial charge in [-0.25, -0.2) is 0 Å². The molecule has 1 aromatic carbocycles. The van der Waals surface area contributed by atoms with Crippen molar-refractivity contribution < 1.29 is 0 Å². The maximum atomic E-state index is 2.38. The number of hydrogen-bond acceptors (Lipinski definition) is 1. The van der Waals surface area contributed by atoms with Crippen LogP contribution in [-0.4, -0.2) is 25.0 Å². The Morgan fingerprint density at radius 3 is 2.11 bits per heavy atom. The first-order chi connectivity index (χ1) is 8.32. The summed E-state index contributed by atoms with van der Waals surface area (Å²) in [6.07, 6.45) is 1.18. The van der Waals surface area contributed by atoms with Crippen molar-refractivity contribution in [1.29, 1.82) is 0 Å². The van der Waals surface area contributed by atoms with Crippen LogP contribution in [0.5, 0.6) is 0 Å². The minimum absolute atomic E-state index is 0.257. The summed E-state index contributed by atoms with van der Waals surface area (Å²) < 4.78 is 0. The first-order valence-electron chi connectivity index (χ1n) is 7.11. The molecule has 0 aliphatic rings. The molecule has 0 fully saturated rings. The summed E-state index contributed by atoms with van der Waals surface area (Å²) in [5.41, 5.74) is 3.14. The number of nitrogens with zero attached hydrogens (tertiary/aromatic N) is 1. The Balaban J connectivity index is 2.58. The fourth-order valence-corrected chi connectivity index (χ4v) is 2.27. The predicted molar refractivity (Wildman–Crippen MR) is 81.2 cm³/mol. The van der Waals surface area contributed by atoms with Crippen LogP contribution in [0.2, 0.25) is 0 Å². The summed E-state index contributed by atoms with van der Waals surface area (Å²) in [4.78, 5) is 2.38. The van der Waals surface area contributed by atoms with Gasteiger partial charge in [0.15, 0.2) is 0 Å². The molecule has 0 saturated carbocycles. The van der Waals surface area contributed by atoms with E-state index in [1.54, 1.807) is 0 Å². The lowest BCUT2D eigenvalue weighted by Gasteiger charge is -2.21. The molecule has 0 aromatic heterocycles. The summed E-state index contributed by atoms with van der Waals surface area (Å²) >= 11 is 0. The minimum Gasteiger partial charge on any atom is -0.306 e. The van der Waals surface area contributed by atoms with Crippen LogP contribution in [0.1, 0.15) is 45.7 Å². The molecule has 1 rings (SSSR count). The van der Waals surface area contributed by atoms with Crippen LogP contribution in [0.15, 0.2) is 24.3 Å². The van der Waals surface area contributed by atoms with E-state index in [4.69, 9.17) is 0 Å². The Morgan fingerprint density at radius 1 is 1.11 bits per heavy atom. The second kappa shape index (κ2) is 6.38. The van der Waals surface area contributed by atoms with Crippen LogP contribution in [0.4, 0.5) is 0 Å². The van der Waals surface area contributed by atoms with Crippen molar-refractivity contribution in [2.45, 2.75) is 46.5 Å². The van der Waals surface area contributed by atoms with E-state index in [0.29, 0.717) is 0 Å². The lowest BCUT2D eigenvalue weighted by atomic mass is 9.86. The molecule has 0 N–H and O–H groups in total. The van der Waals surface area contributed by atoms with E-state index in [1.165, 1.54) is 24.1 Å². The molecule has 1 heteroatoms. The van der Waals surface area contributed by atoms with E-state index in [-0.39, 0.29) is 5.41 Å². The standard InChI is InChI=1S/C17H29N/c1-7-18(6)13-14(2)12-15-8-10-16(11-9-15)17(3,4)5/h8-11,14H,7,12-13H2,1-6H3. The maximum absolute atomic E-state index is 2.38. The molecule has 1 unspecified atom stereocenters. The molecule has 0 spiro atoms. The second-order valence-corrected chi connectivity index (χ2v) is 6.61. The smallest absolute Gasteiger partial charge is 0.000703 e. The van der Waals surface area contributed by atoms with Crippen molar-refractivity contribution in [3.8, 4) is 0 Å². The highest BCUT2D eigenvalue weighted by Crippen LogP contribution is 2.22. The summed E-state index contributed by atoms with van der Waals surface area (Å²) in [6.45, 7) is 13.7. The van der Waals surface area contributed by atoms with Gasteiger partial charge in [0.2, 0.25) is 0 Å². The first kappa shape index (κ1) is 15.2. The van der Waals surface area contributed by atoms with Gasteiger partial charge in [-0.1, -0.05) is 58.9 Å². The molecule has 0 saturated heterocycles. The van der Waals surface area contributed by atoms with Gasteiger partial charge in [-0.15, -0.1) is 0 Å². The van der Waals surface area contributed by atoms with Gasteiger partial charge in [0.1, 0.15) is 0 Å². The van der Waals surface area contributed by atoms with Gasteiger partial charge in [0.25, 0.3) is 0 Å². The second-order valence-electron chi connectivity index (χ2n) is 6.61. The molecule has 0 heterocycles. The zero-order valence-electron chi connectivity index (χ0n) is 13.0. The highest BCUT2D eigenvalue weighted by Gasteiger charge is 2.13. The molecule has 0 aliphatic heterocycles. The third kappa shape index (κ3) is 4.81. The molecule has 0 aliphatic carbocycles. The zero-order valence-corrected chi connectivity index (χ0v) is 13.0. The largest absolute Gasteiger partial charge is 0.306 e. The van der Waals surface area contributed by atoms with Gasteiger partial charge in [0, 0.05) is 6.54 Å². The van der Waals surface area contributed by atoms with Crippen molar-refractivity contribution >= 4 is 0 Å². The zero-order chi connectivity index (χ0) is 13.8. The SMILES string of the molecule is CCN(C)CC(C)Cc1ccc(C(C)(C)C)cc1. The van der Waals surface area contributed by atoms with Gasteiger partial charge >= 0.3 is 0 Å². The van der Waals surface area contributed by atoms with E-state index in [2.05, 4.69) is 70.8 Å². The van der Waals surface area contributed by atoms with Crippen molar-refractivity contribution in [2.24, 2.45) is 5.92 Å². The van der Waals surface area contributed by atoms with Gasteiger partial charge in [0.05, 0.1) is 0 Å². The van der Waals surface area contributed by atoms with E-state index in [0.717, 1.165) is 12.5 Å². The lowest BCUT2D eigenvalue weighted by molar-refractivity contribution is 0.298. The highest BCUT2D eigenvalue weighted by molar-refractivity contribution is 5.27. The van der Waals surface area contributed by atoms with Gasteiger partial charge < -0.3 is 4.90 Å². The molecule has 1 atom stereocenters. The molecule has 1 nitrogen and oxygen atoms in total. The van der Waals surface area contributed by atoms with Crippen LogP contribution in [0.25, 0.3) is 0 Å². The van der Waals surface area contributed by atoms with E-state index < -0.39 is 0 Å². The van der Waals surface area contributed by atoms with Crippen molar-refractivity contribution in [3.05, 3.63) is 35.4 Å². The van der Waals surface area contributed by atoms with Gasteiger partial charge in [-0.2, -0.15) is 0 Å². The lowest BCUT2D eigenvalue weighted by Crippen LogP contribution is -2.25. The Morgan fingerprint density at radius 2 is 1.67 bits per heavy atom. The van der Waals surface area contributed by atoms with Crippen LogP contribution in [-0.2, 0) is 11.8 Å². The molecule has 0 bridgehead atoms.